The van der Waals surface area contributed by atoms with Crippen LogP contribution in [0.4, 0.5) is 0 Å². The highest BCUT2D eigenvalue weighted by molar-refractivity contribution is 4.94. The Bertz CT molecular complexity index is 147. The van der Waals surface area contributed by atoms with E-state index in [4.69, 9.17) is 0 Å². The van der Waals surface area contributed by atoms with Crippen molar-refractivity contribution in [2.45, 2.75) is 45.6 Å². The van der Waals surface area contributed by atoms with Crippen LogP contribution in [0.1, 0.15) is 39.5 Å². The lowest BCUT2D eigenvalue weighted by atomic mass is 9.93. The molecule has 0 aliphatic heterocycles. The molecule has 2 fully saturated rings. The van der Waals surface area contributed by atoms with Gasteiger partial charge in [0.25, 0.3) is 0 Å². The maximum atomic E-state index is 3.67. The quantitative estimate of drug-likeness (QED) is 0.663. The summed E-state index contributed by atoms with van der Waals surface area (Å²) >= 11 is 0. The van der Waals surface area contributed by atoms with Crippen molar-refractivity contribution in [3.63, 3.8) is 0 Å². The van der Waals surface area contributed by atoms with Gasteiger partial charge in [0.2, 0.25) is 0 Å². The molecule has 1 heteroatoms. The van der Waals surface area contributed by atoms with Crippen LogP contribution in [-0.2, 0) is 0 Å². The van der Waals surface area contributed by atoms with E-state index in [1.54, 1.807) is 0 Å². The van der Waals surface area contributed by atoms with Gasteiger partial charge in [-0.15, -0.1) is 0 Å². The molecule has 2 aliphatic rings. The smallest absolute Gasteiger partial charge is 0.0123 e. The molecule has 0 heterocycles. The second-order valence-electron chi connectivity index (χ2n) is 4.62. The van der Waals surface area contributed by atoms with Gasteiger partial charge >= 0.3 is 0 Å². The van der Waals surface area contributed by atoms with Gasteiger partial charge in [0.1, 0.15) is 0 Å². The zero-order valence-electron chi connectivity index (χ0n) is 8.34. The second-order valence-corrected chi connectivity index (χ2v) is 4.62. The topological polar surface area (TPSA) is 12.0 Å². The molecule has 2 saturated carbocycles. The van der Waals surface area contributed by atoms with Gasteiger partial charge < -0.3 is 5.32 Å². The van der Waals surface area contributed by atoms with E-state index in [1.807, 2.05) is 0 Å². The van der Waals surface area contributed by atoms with Crippen molar-refractivity contribution in [1.82, 2.24) is 5.32 Å². The predicted octanol–water partition coefficient (Wildman–Crippen LogP) is 2.42. The molecule has 2 aliphatic carbocycles. The van der Waals surface area contributed by atoms with Gasteiger partial charge in [-0.2, -0.15) is 0 Å². The zero-order chi connectivity index (χ0) is 8.55. The average molecular weight is 167 g/mol. The van der Waals surface area contributed by atoms with E-state index in [9.17, 15) is 0 Å². The van der Waals surface area contributed by atoms with Crippen molar-refractivity contribution in [1.29, 1.82) is 0 Å². The fourth-order valence-electron chi connectivity index (χ4n) is 2.39. The van der Waals surface area contributed by atoms with Crippen molar-refractivity contribution in [2.75, 3.05) is 6.54 Å². The molecule has 0 aromatic carbocycles. The fraction of sp³-hybridized carbons (Fsp3) is 1.00. The number of rotatable bonds is 5. The lowest BCUT2D eigenvalue weighted by molar-refractivity contribution is 0.315. The Morgan fingerprint density at radius 1 is 1.17 bits per heavy atom. The Morgan fingerprint density at radius 2 is 1.75 bits per heavy atom. The summed E-state index contributed by atoms with van der Waals surface area (Å²) in [5.41, 5.74) is 0. The maximum absolute atomic E-state index is 3.67. The summed E-state index contributed by atoms with van der Waals surface area (Å²) in [4.78, 5) is 0. The third kappa shape index (κ3) is 1.82. The van der Waals surface area contributed by atoms with Gasteiger partial charge in [0.15, 0.2) is 0 Å². The molecule has 0 spiro atoms. The third-order valence-electron chi connectivity index (χ3n) is 3.50. The fourth-order valence-corrected chi connectivity index (χ4v) is 2.39. The number of hydrogen-bond acceptors (Lipinski definition) is 1. The van der Waals surface area contributed by atoms with E-state index in [0.717, 1.165) is 30.3 Å². The zero-order valence-corrected chi connectivity index (χ0v) is 8.34. The largest absolute Gasteiger partial charge is 0.314 e. The van der Waals surface area contributed by atoms with Crippen LogP contribution in [0.3, 0.4) is 0 Å². The molecular weight excluding hydrogens is 146 g/mol. The first-order chi connectivity index (χ1) is 5.83. The first-order valence-corrected chi connectivity index (χ1v) is 5.56. The summed E-state index contributed by atoms with van der Waals surface area (Å²) in [6.45, 7) is 5.83. The molecule has 12 heavy (non-hydrogen) atoms. The summed E-state index contributed by atoms with van der Waals surface area (Å²) < 4.78 is 0. The van der Waals surface area contributed by atoms with Gasteiger partial charge in [-0.1, -0.05) is 13.8 Å². The Morgan fingerprint density at radius 3 is 2.17 bits per heavy atom. The Hall–Kier alpha value is -0.0400. The molecule has 0 saturated heterocycles. The van der Waals surface area contributed by atoms with Crippen LogP contribution in [0.15, 0.2) is 0 Å². The first-order valence-electron chi connectivity index (χ1n) is 5.56. The predicted molar refractivity (Wildman–Crippen MR) is 52.1 cm³/mol. The lowest BCUT2D eigenvalue weighted by Crippen LogP contribution is -2.37. The minimum atomic E-state index is 0.850. The van der Waals surface area contributed by atoms with Crippen molar-refractivity contribution >= 4 is 0 Å². The van der Waals surface area contributed by atoms with Crippen LogP contribution >= 0.6 is 0 Å². The summed E-state index contributed by atoms with van der Waals surface area (Å²) in [6, 6.07) is 0.850. The summed E-state index contributed by atoms with van der Waals surface area (Å²) in [6.07, 6.45) is 5.95. The van der Waals surface area contributed by atoms with E-state index >= 15 is 0 Å². The molecule has 0 amide bonds. The second kappa shape index (κ2) is 3.37. The molecule has 1 nitrogen and oxygen atoms in total. The Labute approximate surface area is 75.9 Å². The molecular formula is C11H21N. The number of hydrogen-bond donors (Lipinski definition) is 1. The minimum Gasteiger partial charge on any atom is -0.314 e. The van der Waals surface area contributed by atoms with Gasteiger partial charge in [0, 0.05) is 6.04 Å². The van der Waals surface area contributed by atoms with Crippen LogP contribution in [0.25, 0.3) is 0 Å². The minimum absolute atomic E-state index is 0.850. The highest BCUT2D eigenvalue weighted by atomic mass is 14.9. The summed E-state index contributed by atoms with van der Waals surface area (Å²) in [5, 5.41) is 3.67. The average Bonchev–Trinajstić information content (AvgIpc) is 2.88. The molecule has 2 rings (SSSR count). The summed E-state index contributed by atoms with van der Waals surface area (Å²) in [5.74, 6) is 3.03. The molecule has 1 N–H and O–H groups in total. The van der Waals surface area contributed by atoms with E-state index in [1.165, 1.54) is 25.7 Å². The van der Waals surface area contributed by atoms with Crippen molar-refractivity contribution < 1.29 is 0 Å². The molecule has 0 radical (unpaired) electrons. The lowest BCUT2D eigenvalue weighted by Gasteiger charge is -2.24. The highest BCUT2D eigenvalue weighted by Crippen LogP contribution is 2.44. The third-order valence-corrected chi connectivity index (χ3v) is 3.50. The molecule has 0 aromatic rings. The van der Waals surface area contributed by atoms with Crippen LogP contribution in [0, 0.1) is 17.8 Å². The monoisotopic (exact) mass is 167 g/mol. The van der Waals surface area contributed by atoms with Gasteiger partial charge in [-0.05, 0) is 50.0 Å². The van der Waals surface area contributed by atoms with E-state index in [-0.39, 0.29) is 0 Å². The van der Waals surface area contributed by atoms with Gasteiger partial charge in [0.05, 0.1) is 0 Å². The standard InChI is InChI=1S/C11H21N/c1-3-12-11(10-6-7-10)8(2)9-4-5-9/h8-12H,3-7H2,1-2H3. The van der Waals surface area contributed by atoms with Crippen molar-refractivity contribution in [3.8, 4) is 0 Å². The molecule has 2 unspecified atom stereocenters. The van der Waals surface area contributed by atoms with Crippen LogP contribution in [-0.4, -0.2) is 12.6 Å². The first kappa shape index (κ1) is 8.55. The van der Waals surface area contributed by atoms with Crippen LogP contribution in [0.2, 0.25) is 0 Å². The Balaban J connectivity index is 1.84. The van der Waals surface area contributed by atoms with Crippen LogP contribution < -0.4 is 5.32 Å². The SMILES string of the molecule is CCNC(C1CC1)C(C)C1CC1. The molecule has 70 valence electrons. The van der Waals surface area contributed by atoms with E-state index < -0.39 is 0 Å². The maximum Gasteiger partial charge on any atom is 0.0123 e. The van der Waals surface area contributed by atoms with Crippen LogP contribution in [0.5, 0.6) is 0 Å². The Kier molecular flexibility index (Phi) is 2.40. The normalized spacial score (nSPS) is 28.5. The van der Waals surface area contributed by atoms with Crippen molar-refractivity contribution in [2.24, 2.45) is 17.8 Å². The summed E-state index contributed by atoms with van der Waals surface area (Å²) in [7, 11) is 0. The van der Waals surface area contributed by atoms with E-state index in [0.29, 0.717) is 0 Å². The van der Waals surface area contributed by atoms with Crippen molar-refractivity contribution in [3.05, 3.63) is 0 Å². The molecule has 2 atom stereocenters. The van der Waals surface area contributed by atoms with Gasteiger partial charge in [-0.3, -0.25) is 0 Å². The van der Waals surface area contributed by atoms with E-state index in [2.05, 4.69) is 19.2 Å². The number of nitrogens with one attached hydrogen (secondary N) is 1. The molecule has 0 aromatic heterocycles. The van der Waals surface area contributed by atoms with Gasteiger partial charge in [-0.25, -0.2) is 0 Å². The molecule has 0 bridgehead atoms. The highest BCUT2D eigenvalue weighted by Gasteiger charge is 2.40.